The van der Waals surface area contributed by atoms with Crippen LogP contribution in [0.5, 0.6) is 0 Å². The molecular formula is C17H14ClN3. The van der Waals surface area contributed by atoms with Crippen molar-refractivity contribution in [1.82, 2.24) is 15.0 Å². The summed E-state index contributed by atoms with van der Waals surface area (Å²) in [6.45, 7) is 2.09. The van der Waals surface area contributed by atoms with Gasteiger partial charge in [0.2, 0.25) is 0 Å². The zero-order valence-corrected chi connectivity index (χ0v) is 12.4. The molecule has 0 aliphatic heterocycles. The molecule has 0 aliphatic rings. The summed E-state index contributed by atoms with van der Waals surface area (Å²) in [5.74, 6) is 0.568. The van der Waals surface area contributed by atoms with E-state index in [0.29, 0.717) is 11.0 Å². The largest absolute Gasteiger partial charge is 0.253 e. The molecule has 104 valence electrons. The number of nitrogens with zero attached hydrogens (tertiary/aromatic N) is 3. The second-order valence-corrected chi connectivity index (χ2v) is 5.02. The molecule has 0 radical (unpaired) electrons. The van der Waals surface area contributed by atoms with Crippen LogP contribution >= 0.6 is 11.6 Å². The van der Waals surface area contributed by atoms with Gasteiger partial charge in [0.15, 0.2) is 5.82 Å². The first-order valence-corrected chi connectivity index (χ1v) is 7.20. The van der Waals surface area contributed by atoms with Crippen molar-refractivity contribution in [3.63, 3.8) is 0 Å². The molecule has 0 saturated carbocycles. The minimum atomic E-state index is 0.423. The first kappa shape index (κ1) is 13.7. The van der Waals surface area contributed by atoms with Gasteiger partial charge in [0.25, 0.3) is 0 Å². The predicted octanol–water partition coefficient (Wildman–Crippen LogP) is 4.42. The molecule has 2 aromatic heterocycles. The van der Waals surface area contributed by atoms with E-state index in [1.807, 2.05) is 42.5 Å². The molecule has 0 spiro atoms. The predicted molar refractivity (Wildman–Crippen MR) is 85.1 cm³/mol. The van der Waals surface area contributed by atoms with Crippen LogP contribution in [0, 0.1) is 0 Å². The Hall–Kier alpha value is -2.26. The normalized spacial score (nSPS) is 10.6. The molecule has 0 bridgehead atoms. The van der Waals surface area contributed by atoms with Gasteiger partial charge >= 0.3 is 0 Å². The number of aromatic nitrogens is 3. The molecule has 1 aromatic carbocycles. The summed E-state index contributed by atoms with van der Waals surface area (Å²) in [7, 11) is 0. The zero-order chi connectivity index (χ0) is 14.7. The van der Waals surface area contributed by atoms with Gasteiger partial charge in [-0.2, -0.15) is 0 Å². The van der Waals surface area contributed by atoms with Gasteiger partial charge in [0, 0.05) is 17.8 Å². The van der Waals surface area contributed by atoms with Crippen molar-refractivity contribution in [2.45, 2.75) is 13.3 Å². The van der Waals surface area contributed by atoms with E-state index < -0.39 is 0 Å². The second-order valence-electron chi connectivity index (χ2n) is 4.63. The highest BCUT2D eigenvalue weighted by Crippen LogP contribution is 2.25. The molecule has 0 unspecified atom stereocenters. The fourth-order valence-electron chi connectivity index (χ4n) is 2.21. The maximum atomic E-state index is 6.17. The van der Waals surface area contributed by atoms with Gasteiger partial charge in [-0.25, -0.2) is 9.97 Å². The monoisotopic (exact) mass is 295 g/mol. The lowest BCUT2D eigenvalue weighted by Gasteiger charge is -2.08. The van der Waals surface area contributed by atoms with E-state index in [9.17, 15) is 0 Å². The van der Waals surface area contributed by atoms with Crippen molar-refractivity contribution in [1.29, 1.82) is 0 Å². The number of benzene rings is 1. The van der Waals surface area contributed by atoms with Crippen molar-refractivity contribution in [3.05, 3.63) is 65.4 Å². The summed E-state index contributed by atoms with van der Waals surface area (Å²) in [4.78, 5) is 13.4. The molecule has 3 aromatic rings. The second kappa shape index (κ2) is 6.02. The van der Waals surface area contributed by atoms with Crippen molar-refractivity contribution >= 4 is 11.6 Å². The molecule has 0 atom stereocenters. The standard InChI is InChI=1S/C17H14ClN3/c1-2-12-9-6-10-19-16(12)17-20-14(11-15(18)21-17)13-7-4-3-5-8-13/h3-11H,2H2,1H3. The van der Waals surface area contributed by atoms with Gasteiger partial charge in [-0.1, -0.05) is 54.9 Å². The molecule has 3 rings (SSSR count). The average Bonchev–Trinajstić information content (AvgIpc) is 2.55. The van der Waals surface area contributed by atoms with E-state index >= 15 is 0 Å². The molecule has 4 heteroatoms. The van der Waals surface area contributed by atoms with Gasteiger partial charge in [0.1, 0.15) is 10.8 Å². The van der Waals surface area contributed by atoms with Crippen LogP contribution < -0.4 is 0 Å². The number of aryl methyl sites for hydroxylation is 1. The minimum absolute atomic E-state index is 0.423. The van der Waals surface area contributed by atoms with E-state index in [1.54, 1.807) is 12.3 Å². The van der Waals surface area contributed by atoms with Gasteiger partial charge in [-0.05, 0) is 18.1 Å². The maximum Gasteiger partial charge on any atom is 0.180 e. The maximum absolute atomic E-state index is 6.17. The van der Waals surface area contributed by atoms with Gasteiger partial charge in [-0.3, -0.25) is 4.98 Å². The molecule has 21 heavy (non-hydrogen) atoms. The smallest absolute Gasteiger partial charge is 0.180 e. The first-order chi connectivity index (χ1) is 10.3. The van der Waals surface area contributed by atoms with Gasteiger partial charge in [-0.15, -0.1) is 0 Å². The Balaban J connectivity index is 2.14. The fourth-order valence-corrected chi connectivity index (χ4v) is 2.39. The van der Waals surface area contributed by atoms with Crippen molar-refractivity contribution < 1.29 is 0 Å². The van der Waals surface area contributed by atoms with Crippen molar-refractivity contribution in [3.8, 4) is 22.8 Å². The van der Waals surface area contributed by atoms with Gasteiger partial charge < -0.3 is 0 Å². The summed E-state index contributed by atoms with van der Waals surface area (Å²) in [6, 6.07) is 15.7. The Labute approximate surface area is 128 Å². The fraction of sp³-hybridized carbons (Fsp3) is 0.118. The summed E-state index contributed by atoms with van der Waals surface area (Å²) >= 11 is 6.17. The van der Waals surface area contributed by atoms with Crippen LogP contribution in [0.15, 0.2) is 54.7 Å². The number of halogens is 1. The first-order valence-electron chi connectivity index (χ1n) is 6.82. The van der Waals surface area contributed by atoms with Crippen LogP contribution in [0.4, 0.5) is 0 Å². The van der Waals surface area contributed by atoms with Crippen molar-refractivity contribution in [2.24, 2.45) is 0 Å². The molecular weight excluding hydrogens is 282 g/mol. The van der Waals surface area contributed by atoms with Crippen LogP contribution in [0.3, 0.4) is 0 Å². The summed E-state index contributed by atoms with van der Waals surface area (Å²) in [5, 5.41) is 0.423. The molecule has 0 amide bonds. The van der Waals surface area contributed by atoms with Crippen LogP contribution in [-0.4, -0.2) is 15.0 Å². The van der Waals surface area contributed by atoms with Crippen LogP contribution in [0.2, 0.25) is 5.15 Å². The summed E-state index contributed by atoms with van der Waals surface area (Å²) in [5.41, 5.74) is 3.72. The Kier molecular flexibility index (Phi) is 3.93. The highest BCUT2D eigenvalue weighted by atomic mass is 35.5. The number of pyridine rings is 1. The third kappa shape index (κ3) is 2.93. The van der Waals surface area contributed by atoms with E-state index in [-0.39, 0.29) is 0 Å². The van der Waals surface area contributed by atoms with Crippen molar-refractivity contribution in [2.75, 3.05) is 0 Å². The number of rotatable bonds is 3. The molecule has 0 saturated heterocycles. The highest BCUT2D eigenvalue weighted by Gasteiger charge is 2.11. The van der Waals surface area contributed by atoms with Gasteiger partial charge in [0.05, 0.1) is 5.69 Å². The molecule has 3 nitrogen and oxygen atoms in total. The van der Waals surface area contributed by atoms with E-state index in [1.165, 1.54) is 0 Å². The number of hydrogen-bond acceptors (Lipinski definition) is 3. The molecule has 0 fully saturated rings. The van der Waals surface area contributed by atoms with E-state index in [0.717, 1.165) is 28.9 Å². The highest BCUT2D eigenvalue weighted by molar-refractivity contribution is 6.29. The third-order valence-corrected chi connectivity index (χ3v) is 3.44. The Bertz CT molecular complexity index is 757. The minimum Gasteiger partial charge on any atom is -0.253 e. The van der Waals surface area contributed by atoms with Crippen LogP contribution in [0.1, 0.15) is 12.5 Å². The van der Waals surface area contributed by atoms with E-state index in [4.69, 9.17) is 11.6 Å². The zero-order valence-electron chi connectivity index (χ0n) is 11.6. The quantitative estimate of drug-likeness (QED) is 0.671. The lowest BCUT2D eigenvalue weighted by atomic mass is 10.1. The lowest BCUT2D eigenvalue weighted by Crippen LogP contribution is -1.98. The Morgan fingerprint density at radius 2 is 1.81 bits per heavy atom. The molecule has 2 heterocycles. The molecule has 0 aliphatic carbocycles. The SMILES string of the molecule is CCc1cccnc1-c1nc(Cl)cc(-c2ccccc2)n1. The van der Waals surface area contributed by atoms with E-state index in [2.05, 4.69) is 21.9 Å². The average molecular weight is 296 g/mol. The van der Waals surface area contributed by atoms with Crippen LogP contribution in [-0.2, 0) is 6.42 Å². The Morgan fingerprint density at radius 3 is 2.57 bits per heavy atom. The topological polar surface area (TPSA) is 38.7 Å². The number of hydrogen-bond donors (Lipinski definition) is 0. The summed E-state index contributed by atoms with van der Waals surface area (Å²) < 4.78 is 0. The third-order valence-electron chi connectivity index (χ3n) is 3.25. The molecule has 0 N–H and O–H groups in total. The summed E-state index contributed by atoms with van der Waals surface area (Å²) in [6.07, 6.45) is 2.63. The van der Waals surface area contributed by atoms with Crippen LogP contribution in [0.25, 0.3) is 22.8 Å². The Morgan fingerprint density at radius 1 is 1.00 bits per heavy atom. The lowest BCUT2D eigenvalue weighted by molar-refractivity contribution is 1.07.